The van der Waals surface area contributed by atoms with Gasteiger partial charge in [-0.05, 0) is 51.8 Å². The Morgan fingerprint density at radius 1 is 0.964 bits per heavy atom. The Hall–Kier alpha value is -2.40. The quantitative estimate of drug-likeness (QED) is 0.748. The number of hydrogen-bond acceptors (Lipinski definition) is 3. The molecule has 4 rings (SSSR count). The van der Waals surface area contributed by atoms with Crippen LogP contribution in [0.4, 0.5) is 0 Å². The topological polar surface area (TPSA) is 45.6 Å². The minimum atomic E-state index is 0.0824. The van der Waals surface area contributed by atoms with E-state index in [9.17, 15) is 9.59 Å². The predicted molar refractivity (Wildman–Crippen MR) is 110 cm³/mol. The van der Waals surface area contributed by atoms with E-state index < -0.39 is 0 Å². The molecule has 0 radical (unpaired) electrons. The largest absolute Gasteiger partial charge is 0.345 e. The van der Waals surface area contributed by atoms with Gasteiger partial charge in [0.2, 0.25) is 0 Å². The number of aromatic nitrogens is 1. The molecule has 2 fully saturated rings. The fourth-order valence-corrected chi connectivity index (χ4v) is 4.23. The Bertz CT molecular complexity index is 885. The summed E-state index contributed by atoms with van der Waals surface area (Å²) in [6.07, 6.45) is 2.45. The Morgan fingerprint density at radius 3 is 2.21 bits per heavy atom. The molecule has 1 saturated carbocycles. The van der Waals surface area contributed by atoms with Gasteiger partial charge in [-0.3, -0.25) is 14.5 Å². The van der Waals surface area contributed by atoms with E-state index in [1.54, 1.807) is 0 Å². The zero-order valence-corrected chi connectivity index (χ0v) is 17.1. The zero-order valence-electron chi connectivity index (χ0n) is 17.1. The average Bonchev–Trinajstić information content (AvgIpc) is 3.47. The molecule has 0 N–H and O–H groups in total. The molecular weight excluding hydrogens is 350 g/mol. The first kappa shape index (κ1) is 18.9. The number of hydrogen-bond donors (Lipinski definition) is 0. The third-order valence-electron chi connectivity index (χ3n) is 6.02. The lowest BCUT2D eigenvalue weighted by atomic mass is 10.1. The summed E-state index contributed by atoms with van der Waals surface area (Å²) in [7, 11) is 0. The van der Waals surface area contributed by atoms with Crippen molar-refractivity contribution in [3.05, 3.63) is 58.4 Å². The van der Waals surface area contributed by atoms with Gasteiger partial charge in [-0.1, -0.05) is 17.7 Å². The minimum absolute atomic E-state index is 0.0824. The molecule has 0 spiro atoms. The molecule has 28 heavy (non-hydrogen) atoms. The number of nitrogens with zero attached hydrogens (tertiary/aromatic N) is 3. The van der Waals surface area contributed by atoms with Crippen molar-refractivity contribution in [1.29, 1.82) is 0 Å². The van der Waals surface area contributed by atoms with Crippen LogP contribution in [0, 0.1) is 20.8 Å². The van der Waals surface area contributed by atoms with Gasteiger partial charge >= 0.3 is 0 Å². The monoisotopic (exact) mass is 379 g/mol. The normalized spacial score (nSPS) is 17.8. The van der Waals surface area contributed by atoms with Gasteiger partial charge in [0.05, 0.1) is 6.54 Å². The molecule has 1 aromatic heterocycles. The van der Waals surface area contributed by atoms with Crippen molar-refractivity contribution < 1.29 is 9.59 Å². The molecule has 1 amide bonds. The molecular formula is C23H29N3O2. The highest BCUT2D eigenvalue weighted by atomic mass is 16.2. The van der Waals surface area contributed by atoms with Crippen molar-refractivity contribution in [2.45, 2.75) is 39.7 Å². The highest BCUT2D eigenvalue weighted by molar-refractivity contribution is 5.99. The van der Waals surface area contributed by atoms with E-state index in [4.69, 9.17) is 0 Å². The minimum Gasteiger partial charge on any atom is -0.345 e. The van der Waals surface area contributed by atoms with Crippen molar-refractivity contribution >= 4 is 11.7 Å². The van der Waals surface area contributed by atoms with E-state index in [0.29, 0.717) is 25.7 Å². The lowest BCUT2D eigenvalue weighted by molar-refractivity contribution is 0.0624. The van der Waals surface area contributed by atoms with Gasteiger partial charge in [-0.25, -0.2) is 0 Å². The molecule has 5 nitrogen and oxygen atoms in total. The summed E-state index contributed by atoms with van der Waals surface area (Å²) in [4.78, 5) is 29.6. The van der Waals surface area contributed by atoms with Crippen LogP contribution in [0.3, 0.4) is 0 Å². The van der Waals surface area contributed by atoms with E-state index in [2.05, 4.69) is 23.3 Å². The van der Waals surface area contributed by atoms with Crippen LogP contribution in [0.1, 0.15) is 56.6 Å². The number of carbonyl (C=O) groups is 2. The standard InChI is InChI=1S/C23H29N3O2/c1-16-4-6-19(7-5-16)23(28)25-12-10-24(11-13-25)15-22(27)21-14-17(2)26(18(21)3)20-8-9-20/h4-7,14,20H,8-13,15H2,1-3H3. The number of aryl methyl sites for hydroxylation is 2. The Kier molecular flexibility index (Phi) is 5.11. The Morgan fingerprint density at radius 2 is 1.61 bits per heavy atom. The van der Waals surface area contributed by atoms with Gasteiger partial charge in [-0.2, -0.15) is 0 Å². The lowest BCUT2D eigenvalue weighted by Crippen LogP contribution is -2.49. The highest BCUT2D eigenvalue weighted by Gasteiger charge is 2.29. The number of carbonyl (C=O) groups excluding carboxylic acids is 2. The third-order valence-corrected chi connectivity index (χ3v) is 6.02. The van der Waals surface area contributed by atoms with E-state index in [-0.39, 0.29) is 11.7 Å². The van der Waals surface area contributed by atoms with Crippen molar-refractivity contribution in [1.82, 2.24) is 14.4 Å². The second-order valence-corrected chi connectivity index (χ2v) is 8.24. The van der Waals surface area contributed by atoms with Crippen molar-refractivity contribution in [3.8, 4) is 0 Å². The van der Waals surface area contributed by atoms with Crippen molar-refractivity contribution in [2.75, 3.05) is 32.7 Å². The molecule has 5 heteroatoms. The lowest BCUT2D eigenvalue weighted by Gasteiger charge is -2.34. The molecule has 1 saturated heterocycles. The maximum atomic E-state index is 12.9. The van der Waals surface area contributed by atoms with Gasteiger partial charge in [0.1, 0.15) is 0 Å². The first-order chi connectivity index (χ1) is 13.4. The molecule has 2 aromatic rings. The van der Waals surface area contributed by atoms with Gasteiger partial charge in [0, 0.05) is 54.7 Å². The summed E-state index contributed by atoms with van der Waals surface area (Å²) >= 11 is 0. The van der Waals surface area contributed by atoms with Crippen molar-refractivity contribution in [3.63, 3.8) is 0 Å². The number of Topliss-reactive ketones (excluding diaryl/α,β-unsaturated/α-hetero) is 1. The first-order valence-corrected chi connectivity index (χ1v) is 10.2. The van der Waals surface area contributed by atoms with E-state index in [1.807, 2.05) is 42.2 Å². The van der Waals surface area contributed by atoms with E-state index in [1.165, 1.54) is 18.5 Å². The Balaban J connectivity index is 1.34. The van der Waals surface area contributed by atoms with Crippen LogP contribution in [0.25, 0.3) is 0 Å². The Labute approximate surface area is 166 Å². The summed E-state index contributed by atoms with van der Waals surface area (Å²) in [6.45, 7) is 9.43. The van der Waals surface area contributed by atoms with Crippen LogP contribution in [0.5, 0.6) is 0 Å². The summed E-state index contributed by atoms with van der Waals surface area (Å²) in [5, 5.41) is 0. The fraction of sp³-hybridized carbons (Fsp3) is 0.478. The maximum Gasteiger partial charge on any atom is 0.253 e. The SMILES string of the molecule is Cc1ccc(C(=O)N2CCN(CC(=O)c3cc(C)n(C4CC4)c3C)CC2)cc1. The zero-order chi connectivity index (χ0) is 19.8. The van der Waals surface area contributed by atoms with Crippen LogP contribution < -0.4 is 0 Å². The van der Waals surface area contributed by atoms with Crippen molar-refractivity contribution in [2.24, 2.45) is 0 Å². The molecule has 148 valence electrons. The van der Waals surface area contributed by atoms with Crippen LogP contribution in [-0.2, 0) is 0 Å². The summed E-state index contributed by atoms with van der Waals surface area (Å²) < 4.78 is 2.32. The van der Waals surface area contributed by atoms with E-state index >= 15 is 0 Å². The number of rotatable bonds is 5. The molecule has 1 aliphatic heterocycles. The van der Waals surface area contributed by atoms with Crippen LogP contribution in [0.2, 0.25) is 0 Å². The molecule has 0 atom stereocenters. The molecule has 1 aliphatic carbocycles. The third kappa shape index (κ3) is 3.76. The van der Waals surface area contributed by atoms with Gasteiger partial charge in [0.25, 0.3) is 5.91 Å². The molecule has 2 aliphatic rings. The van der Waals surface area contributed by atoms with E-state index in [0.717, 1.165) is 35.5 Å². The molecule has 0 bridgehead atoms. The average molecular weight is 380 g/mol. The smallest absolute Gasteiger partial charge is 0.253 e. The maximum absolute atomic E-state index is 12.9. The number of amides is 1. The summed E-state index contributed by atoms with van der Waals surface area (Å²) in [5.74, 6) is 0.275. The first-order valence-electron chi connectivity index (χ1n) is 10.2. The molecule has 2 heterocycles. The summed E-state index contributed by atoms with van der Waals surface area (Å²) in [5.41, 5.74) is 5.06. The van der Waals surface area contributed by atoms with Gasteiger partial charge in [0.15, 0.2) is 5.78 Å². The van der Waals surface area contributed by atoms with Gasteiger partial charge in [-0.15, -0.1) is 0 Å². The second-order valence-electron chi connectivity index (χ2n) is 8.24. The molecule has 1 aromatic carbocycles. The fourth-order valence-electron chi connectivity index (χ4n) is 4.23. The molecule has 0 unspecified atom stereocenters. The van der Waals surface area contributed by atoms with Crippen LogP contribution in [-0.4, -0.2) is 58.8 Å². The van der Waals surface area contributed by atoms with Gasteiger partial charge < -0.3 is 9.47 Å². The number of piperazine rings is 1. The number of ketones is 1. The van der Waals surface area contributed by atoms with Crippen LogP contribution in [0.15, 0.2) is 30.3 Å². The summed E-state index contributed by atoms with van der Waals surface area (Å²) in [6, 6.07) is 10.4. The second kappa shape index (κ2) is 7.55. The van der Waals surface area contributed by atoms with Crippen LogP contribution >= 0.6 is 0 Å². The predicted octanol–water partition coefficient (Wildman–Crippen LogP) is 3.39. The number of benzene rings is 1. The highest BCUT2D eigenvalue weighted by Crippen LogP contribution is 2.38.